The zero-order valence-electron chi connectivity index (χ0n) is 6.74. The Labute approximate surface area is 89.3 Å². The first-order valence-corrected chi connectivity index (χ1v) is 4.28. The maximum absolute atomic E-state index is 10.4. The lowest BCUT2D eigenvalue weighted by Crippen LogP contribution is -2.11. The van der Waals surface area contributed by atoms with E-state index in [4.69, 9.17) is 33.4 Å². The van der Waals surface area contributed by atoms with Gasteiger partial charge in [0, 0.05) is 5.02 Å². The van der Waals surface area contributed by atoms with E-state index in [1.54, 1.807) is 0 Å². The van der Waals surface area contributed by atoms with Crippen LogP contribution in [0.4, 0.5) is 0 Å². The van der Waals surface area contributed by atoms with Crippen LogP contribution in [0.15, 0.2) is 12.1 Å². The van der Waals surface area contributed by atoms with Gasteiger partial charge in [0.15, 0.2) is 6.10 Å². The summed E-state index contributed by atoms with van der Waals surface area (Å²) in [5.74, 6) is -1.94. The van der Waals surface area contributed by atoms with Crippen LogP contribution < -0.4 is 0 Å². The number of hydrogen-bond acceptors (Lipinski definition) is 3. The minimum absolute atomic E-state index is 0.0927. The highest BCUT2D eigenvalue weighted by atomic mass is 35.5. The lowest BCUT2D eigenvalue weighted by molar-refractivity contribution is -0.147. The topological polar surface area (TPSA) is 77.8 Å². The third-order valence-electron chi connectivity index (χ3n) is 1.58. The molecule has 1 rings (SSSR count). The molecule has 0 aliphatic heterocycles. The van der Waals surface area contributed by atoms with Crippen molar-refractivity contribution in [2.45, 2.75) is 6.10 Å². The largest absolute Gasteiger partial charge is 0.507 e. The smallest absolute Gasteiger partial charge is 0.337 e. The van der Waals surface area contributed by atoms with Crippen molar-refractivity contribution in [3.8, 4) is 5.75 Å². The first kappa shape index (κ1) is 11.1. The number of carboxylic acid groups (broad SMARTS) is 1. The molecule has 76 valence electrons. The van der Waals surface area contributed by atoms with Crippen molar-refractivity contribution in [2.24, 2.45) is 0 Å². The molecule has 0 aromatic heterocycles. The van der Waals surface area contributed by atoms with Crippen molar-refractivity contribution in [1.29, 1.82) is 0 Å². The fourth-order valence-corrected chi connectivity index (χ4v) is 1.55. The molecule has 0 radical (unpaired) electrons. The molecule has 0 heterocycles. The summed E-state index contributed by atoms with van der Waals surface area (Å²) in [5, 5.41) is 27.0. The van der Waals surface area contributed by atoms with Crippen LogP contribution in [0.1, 0.15) is 11.7 Å². The Morgan fingerprint density at radius 2 is 1.93 bits per heavy atom. The number of benzene rings is 1. The molecular formula is C8H6Cl2O4. The number of phenolic OH excluding ortho intramolecular Hbond substituents is 1. The Balaban J connectivity index is 3.27. The quantitative estimate of drug-likeness (QED) is 0.732. The molecule has 14 heavy (non-hydrogen) atoms. The van der Waals surface area contributed by atoms with E-state index in [0.29, 0.717) is 0 Å². The normalized spacial score (nSPS) is 12.5. The summed E-state index contributed by atoms with van der Waals surface area (Å²) >= 11 is 11.1. The number of aromatic hydroxyl groups is 1. The number of carbonyl (C=O) groups is 1. The molecule has 0 fully saturated rings. The number of rotatable bonds is 2. The standard InChI is InChI=1S/C8H6Cl2O4/c9-3-1-4(10)6(5(11)2-3)7(12)8(13)14/h1-2,7,11-12H,(H,13,14). The second-order valence-electron chi connectivity index (χ2n) is 2.56. The van der Waals surface area contributed by atoms with E-state index >= 15 is 0 Å². The van der Waals surface area contributed by atoms with Gasteiger partial charge >= 0.3 is 5.97 Å². The van der Waals surface area contributed by atoms with Gasteiger partial charge in [-0.25, -0.2) is 4.79 Å². The van der Waals surface area contributed by atoms with Crippen molar-refractivity contribution in [3.63, 3.8) is 0 Å². The van der Waals surface area contributed by atoms with Gasteiger partial charge in [-0.05, 0) is 12.1 Å². The van der Waals surface area contributed by atoms with Gasteiger partial charge in [-0.1, -0.05) is 23.2 Å². The van der Waals surface area contributed by atoms with Crippen LogP contribution in [0.3, 0.4) is 0 Å². The van der Waals surface area contributed by atoms with Crippen LogP contribution >= 0.6 is 23.2 Å². The van der Waals surface area contributed by atoms with Crippen LogP contribution in [0, 0.1) is 0 Å². The van der Waals surface area contributed by atoms with E-state index in [0.717, 1.165) is 6.07 Å². The van der Waals surface area contributed by atoms with Crippen LogP contribution in [0.2, 0.25) is 10.0 Å². The Hall–Kier alpha value is -0.970. The molecule has 0 aliphatic carbocycles. The monoisotopic (exact) mass is 236 g/mol. The molecule has 0 bridgehead atoms. The molecule has 0 amide bonds. The lowest BCUT2D eigenvalue weighted by Gasteiger charge is -2.10. The first-order valence-electron chi connectivity index (χ1n) is 3.52. The summed E-state index contributed by atoms with van der Waals surface area (Å²) < 4.78 is 0. The van der Waals surface area contributed by atoms with Crippen LogP contribution in [-0.2, 0) is 4.79 Å². The fourth-order valence-electron chi connectivity index (χ4n) is 0.965. The average Bonchev–Trinajstić information content (AvgIpc) is 2.01. The number of aliphatic carboxylic acids is 1. The van der Waals surface area contributed by atoms with Crippen LogP contribution in [0.5, 0.6) is 5.75 Å². The van der Waals surface area contributed by atoms with Crippen molar-refractivity contribution < 1.29 is 20.1 Å². The minimum atomic E-state index is -1.86. The summed E-state index contributed by atoms with van der Waals surface area (Å²) in [6.07, 6.45) is -1.86. The van der Waals surface area contributed by atoms with Crippen molar-refractivity contribution in [3.05, 3.63) is 27.7 Å². The second kappa shape index (κ2) is 4.04. The molecule has 1 aromatic rings. The van der Waals surface area contributed by atoms with Crippen molar-refractivity contribution in [1.82, 2.24) is 0 Å². The molecule has 1 unspecified atom stereocenters. The van der Waals surface area contributed by atoms with Gasteiger partial charge in [0.05, 0.1) is 10.6 Å². The molecule has 4 nitrogen and oxygen atoms in total. The van der Waals surface area contributed by atoms with Crippen LogP contribution in [0.25, 0.3) is 0 Å². The fraction of sp³-hybridized carbons (Fsp3) is 0.125. The Kier molecular flexibility index (Phi) is 3.21. The van der Waals surface area contributed by atoms with Crippen molar-refractivity contribution >= 4 is 29.2 Å². The minimum Gasteiger partial charge on any atom is -0.507 e. The molecule has 0 aliphatic rings. The Morgan fingerprint density at radius 3 is 2.36 bits per heavy atom. The van der Waals surface area contributed by atoms with Gasteiger partial charge in [0.25, 0.3) is 0 Å². The predicted molar refractivity (Wildman–Crippen MR) is 50.7 cm³/mol. The summed E-state index contributed by atoms with van der Waals surface area (Å²) in [6.45, 7) is 0. The van der Waals surface area contributed by atoms with Gasteiger partial charge in [-0.3, -0.25) is 0 Å². The number of phenols is 1. The van der Waals surface area contributed by atoms with Gasteiger partial charge in [0.1, 0.15) is 5.75 Å². The Morgan fingerprint density at radius 1 is 1.36 bits per heavy atom. The van der Waals surface area contributed by atoms with Gasteiger partial charge in [-0.15, -0.1) is 0 Å². The number of carboxylic acids is 1. The van der Waals surface area contributed by atoms with E-state index in [2.05, 4.69) is 0 Å². The first-order chi connectivity index (χ1) is 6.43. The maximum atomic E-state index is 10.4. The Bertz CT molecular complexity index is 355. The SMILES string of the molecule is O=C(O)C(O)c1c(O)cc(Cl)cc1Cl. The molecule has 1 aromatic carbocycles. The third kappa shape index (κ3) is 2.09. The number of hydrogen-bond donors (Lipinski definition) is 3. The highest BCUT2D eigenvalue weighted by Crippen LogP contribution is 2.34. The number of halogens is 2. The number of aliphatic hydroxyl groups is 1. The van der Waals surface area contributed by atoms with Gasteiger partial charge in [-0.2, -0.15) is 0 Å². The van der Waals surface area contributed by atoms with Gasteiger partial charge < -0.3 is 15.3 Å². The van der Waals surface area contributed by atoms with Gasteiger partial charge in [0.2, 0.25) is 0 Å². The predicted octanol–water partition coefficient (Wildman–Crippen LogP) is 1.82. The molecular weight excluding hydrogens is 231 g/mol. The lowest BCUT2D eigenvalue weighted by atomic mass is 10.1. The van der Waals surface area contributed by atoms with Crippen LogP contribution in [-0.4, -0.2) is 21.3 Å². The average molecular weight is 237 g/mol. The molecule has 1 atom stereocenters. The molecule has 0 saturated carbocycles. The highest BCUT2D eigenvalue weighted by molar-refractivity contribution is 6.35. The summed E-state index contributed by atoms with van der Waals surface area (Å²) in [5.41, 5.74) is -0.261. The van der Waals surface area contributed by atoms with E-state index in [9.17, 15) is 9.90 Å². The van der Waals surface area contributed by atoms with E-state index in [-0.39, 0.29) is 15.6 Å². The van der Waals surface area contributed by atoms with E-state index in [1.807, 2.05) is 0 Å². The zero-order chi connectivity index (χ0) is 10.9. The third-order valence-corrected chi connectivity index (χ3v) is 2.11. The highest BCUT2D eigenvalue weighted by Gasteiger charge is 2.23. The van der Waals surface area contributed by atoms with E-state index < -0.39 is 17.8 Å². The van der Waals surface area contributed by atoms with E-state index in [1.165, 1.54) is 6.07 Å². The second-order valence-corrected chi connectivity index (χ2v) is 3.40. The molecule has 3 N–H and O–H groups in total. The maximum Gasteiger partial charge on any atom is 0.337 e. The summed E-state index contributed by atoms with van der Waals surface area (Å²) in [6, 6.07) is 2.35. The molecule has 0 saturated heterocycles. The molecule has 6 heteroatoms. The van der Waals surface area contributed by atoms with Crippen molar-refractivity contribution in [2.75, 3.05) is 0 Å². The summed E-state index contributed by atoms with van der Waals surface area (Å²) in [4.78, 5) is 10.4. The summed E-state index contributed by atoms with van der Waals surface area (Å²) in [7, 11) is 0. The number of aliphatic hydroxyl groups excluding tert-OH is 1. The molecule has 0 spiro atoms. The zero-order valence-corrected chi connectivity index (χ0v) is 8.25.